The maximum atomic E-state index is 12.6. The number of nitrogens with one attached hydrogen (secondary N) is 1. The molecule has 0 saturated heterocycles. The van der Waals surface area contributed by atoms with Gasteiger partial charge in [0.15, 0.2) is 12.7 Å². The lowest BCUT2D eigenvalue weighted by Crippen LogP contribution is -3.00. The monoisotopic (exact) mass is 662 g/mol. The summed E-state index contributed by atoms with van der Waals surface area (Å²) >= 11 is 8.13. The van der Waals surface area contributed by atoms with Gasteiger partial charge in [0.2, 0.25) is 11.4 Å². The molecule has 0 aliphatic heterocycles. The summed E-state index contributed by atoms with van der Waals surface area (Å²) in [5, 5.41) is 5.59. The number of unbranched alkanes of at least 4 members (excludes halogenated alkanes) is 13. The molecular weight excluding hydrogens is 616 g/mol. The molecule has 1 heterocycles. The van der Waals surface area contributed by atoms with Crippen molar-refractivity contribution in [1.29, 1.82) is 0 Å². The number of halogens is 2. The molecule has 0 atom stereocenters. The summed E-state index contributed by atoms with van der Waals surface area (Å²) in [6.07, 6.45) is 21.1. The van der Waals surface area contributed by atoms with E-state index in [2.05, 4.69) is 33.9 Å². The third-order valence-corrected chi connectivity index (χ3v) is 8.21. The summed E-state index contributed by atoms with van der Waals surface area (Å²) in [4.78, 5) is 12.6. The summed E-state index contributed by atoms with van der Waals surface area (Å²) < 4.78 is 8.05. The summed E-state index contributed by atoms with van der Waals surface area (Å²) in [6, 6.07) is 13.6. The van der Waals surface area contributed by atoms with E-state index in [1.807, 2.05) is 42.5 Å². The molecular formula is C34H48BrClN2O2S. The van der Waals surface area contributed by atoms with E-state index in [0.717, 1.165) is 24.2 Å². The number of anilines is 1. The van der Waals surface area contributed by atoms with Gasteiger partial charge in [-0.25, -0.2) is 0 Å². The number of hydrogen-bond donors (Lipinski definition) is 1. The van der Waals surface area contributed by atoms with E-state index in [9.17, 15) is 4.79 Å². The lowest BCUT2D eigenvalue weighted by atomic mass is 10.0. The van der Waals surface area contributed by atoms with Gasteiger partial charge in [-0.3, -0.25) is 4.79 Å². The number of nitrogens with zero attached hydrogens (tertiary/aromatic N) is 1. The first-order chi connectivity index (χ1) is 19.6. The van der Waals surface area contributed by atoms with Crippen LogP contribution in [-0.2, 0) is 17.8 Å². The van der Waals surface area contributed by atoms with Crippen molar-refractivity contribution in [3.8, 4) is 5.75 Å². The third kappa shape index (κ3) is 15.2. The van der Waals surface area contributed by atoms with Crippen molar-refractivity contribution in [3.63, 3.8) is 0 Å². The fourth-order valence-corrected chi connectivity index (χ4v) is 5.75. The molecule has 1 amide bonds. The molecule has 0 bridgehead atoms. The second-order valence-corrected chi connectivity index (χ2v) is 12.0. The molecule has 1 N–H and O–H groups in total. The second-order valence-electron chi connectivity index (χ2n) is 10.8. The minimum absolute atomic E-state index is 0. The zero-order chi connectivity index (χ0) is 28.3. The first-order valence-corrected chi connectivity index (χ1v) is 16.7. The molecule has 0 fully saturated rings. The molecule has 0 unspecified atom stereocenters. The smallest absolute Gasteiger partial charge is 0.228 e. The molecule has 41 heavy (non-hydrogen) atoms. The molecule has 2 aromatic carbocycles. The van der Waals surface area contributed by atoms with Crippen molar-refractivity contribution in [2.24, 2.45) is 0 Å². The topological polar surface area (TPSA) is 42.2 Å². The van der Waals surface area contributed by atoms with Gasteiger partial charge >= 0.3 is 0 Å². The highest BCUT2D eigenvalue weighted by Crippen LogP contribution is 2.26. The van der Waals surface area contributed by atoms with Crippen molar-refractivity contribution in [2.45, 2.75) is 110 Å². The number of ether oxygens (including phenoxy) is 1. The van der Waals surface area contributed by atoms with Crippen molar-refractivity contribution >= 4 is 34.5 Å². The van der Waals surface area contributed by atoms with Gasteiger partial charge in [0.1, 0.15) is 5.75 Å². The molecule has 3 aromatic rings. The van der Waals surface area contributed by atoms with E-state index >= 15 is 0 Å². The lowest BCUT2D eigenvalue weighted by Gasteiger charge is -2.10. The first kappa shape index (κ1) is 35.3. The number of carbonyl (C=O) groups is 1. The summed E-state index contributed by atoms with van der Waals surface area (Å²) in [5.74, 6) is 0.631. The van der Waals surface area contributed by atoms with E-state index in [0.29, 0.717) is 17.4 Å². The average molecular weight is 664 g/mol. The summed E-state index contributed by atoms with van der Waals surface area (Å²) in [5.41, 5.74) is 4.94. The Kier molecular flexibility index (Phi) is 18.7. The third-order valence-electron chi connectivity index (χ3n) is 7.25. The molecule has 7 heteroatoms. The molecule has 226 valence electrons. The van der Waals surface area contributed by atoms with Crippen LogP contribution in [0.2, 0.25) is 5.02 Å². The van der Waals surface area contributed by atoms with E-state index in [4.69, 9.17) is 16.3 Å². The van der Waals surface area contributed by atoms with Gasteiger partial charge in [-0.05, 0) is 36.2 Å². The lowest BCUT2D eigenvalue weighted by molar-refractivity contribution is -0.683. The van der Waals surface area contributed by atoms with E-state index in [1.54, 1.807) is 11.3 Å². The maximum absolute atomic E-state index is 12.6. The Balaban J connectivity index is 0.00000588. The number of aromatic nitrogens is 1. The zero-order valence-corrected chi connectivity index (χ0v) is 27.9. The van der Waals surface area contributed by atoms with Crippen LogP contribution in [0.5, 0.6) is 5.75 Å². The van der Waals surface area contributed by atoms with Gasteiger partial charge in [0.25, 0.3) is 0 Å². The predicted molar refractivity (Wildman–Crippen MR) is 170 cm³/mol. The van der Waals surface area contributed by atoms with Gasteiger partial charge < -0.3 is 27.0 Å². The standard InChI is InChI=1S/C34H47ClN2O2S.BrH/c1-2-3-4-5-6-7-8-9-10-11-12-13-14-15-23-39-33-21-18-30(25-32(33)35)26-34(38)36-31-19-16-29(17-20-31)27-37-22-24-40-28-37;/h16-22,24-25,28H,2-15,23,26-27H2,1H3;1H. The zero-order valence-electron chi connectivity index (χ0n) is 24.7. The highest BCUT2D eigenvalue weighted by atomic mass is 79.9. The summed E-state index contributed by atoms with van der Waals surface area (Å²) in [6.45, 7) is 3.78. The number of amides is 1. The highest BCUT2D eigenvalue weighted by molar-refractivity contribution is 7.07. The Hall–Kier alpha value is -1.89. The van der Waals surface area contributed by atoms with Crippen molar-refractivity contribution < 1.29 is 31.1 Å². The van der Waals surface area contributed by atoms with Crippen LogP contribution in [0.1, 0.15) is 108 Å². The number of benzene rings is 2. The molecule has 0 aliphatic rings. The van der Waals surface area contributed by atoms with Crippen molar-refractivity contribution in [1.82, 2.24) is 0 Å². The minimum atomic E-state index is -0.0629. The highest BCUT2D eigenvalue weighted by Gasteiger charge is 2.09. The Morgan fingerprint density at radius 3 is 1.98 bits per heavy atom. The van der Waals surface area contributed by atoms with Gasteiger partial charge in [-0.1, -0.05) is 132 Å². The van der Waals surface area contributed by atoms with E-state index in [-0.39, 0.29) is 29.3 Å². The molecule has 0 saturated carbocycles. The van der Waals surface area contributed by atoms with Gasteiger partial charge in [-0.15, -0.1) is 0 Å². The van der Waals surface area contributed by atoms with Crippen molar-refractivity contribution in [3.05, 3.63) is 75.7 Å². The number of carbonyl (C=O) groups excluding carboxylic acids is 1. The largest absolute Gasteiger partial charge is 1.00 e. The Bertz CT molecular complexity index is 1090. The molecule has 0 spiro atoms. The van der Waals surface area contributed by atoms with Gasteiger partial charge in [-0.2, -0.15) is 4.57 Å². The van der Waals surface area contributed by atoms with Gasteiger partial charge in [0.05, 0.1) is 23.4 Å². The predicted octanol–water partition coefficient (Wildman–Crippen LogP) is 6.78. The van der Waals surface area contributed by atoms with Gasteiger partial charge in [0, 0.05) is 11.3 Å². The molecule has 1 aromatic heterocycles. The molecule has 0 aliphatic carbocycles. The first-order valence-electron chi connectivity index (χ1n) is 15.4. The Morgan fingerprint density at radius 1 is 0.829 bits per heavy atom. The van der Waals surface area contributed by atoms with Crippen molar-refractivity contribution in [2.75, 3.05) is 11.9 Å². The Morgan fingerprint density at radius 2 is 1.41 bits per heavy atom. The molecule has 4 nitrogen and oxygen atoms in total. The fraction of sp³-hybridized carbons (Fsp3) is 0.529. The quantitative estimate of drug-likeness (QED) is 0.101. The average Bonchev–Trinajstić information content (AvgIpc) is 3.46. The molecule has 3 rings (SSSR count). The van der Waals surface area contributed by atoms with Crippen LogP contribution in [0.25, 0.3) is 0 Å². The SMILES string of the molecule is CCCCCCCCCCCCCCCCOc1ccc(CC(=O)Nc2ccc(C[n+]3ccsc3)cc2)cc1Cl.[Br-]. The normalized spacial score (nSPS) is 10.8. The second kappa shape index (κ2) is 21.8. The van der Waals surface area contributed by atoms with Crippen LogP contribution in [0.15, 0.2) is 59.6 Å². The van der Waals surface area contributed by atoms with Crippen LogP contribution in [0, 0.1) is 0 Å². The van der Waals surface area contributed by atoms with E-state index in [1.165, 1.54) is 89.0 Å². The number of rotatable bonds is 21. The number of thiazole rings is 1. The van der Waals surface area contributed by atoms with Crippen LogP contribution >= 0.6 is 22.9 Å². The van der Waals surface area contributed by atoms with Crippen LogP contribution in [-0.4, -0.2) is 12.5 Å². The van der Waals surface area contributed by atoms with Crippen LogP contribution < -0.4 is 31.6 Å². The number of hydrogen-bond acceptors (Lipinski definition) is 3. The molecule has 0 radical (unpaired) electrons. The van der Waals surface area contributed by atoms with Crippen LogP contribution in [0.4, 0.5) is 5.69 Å². The van der Waals surface area contributed by atoms with E-state index < -0.39 is 0 Å². The van der Waals surface area contributed by atoms with Crippen LogP contribution in [0.3, 0.4) is 0 Å². The Labute approximate surface area is 267 Å². The fourth-order valence-electron chi connectivity index (χ4n) is 4.90. The summed E-state index contributed by atoms with van der Waals surface area (Å²) in [7, 11) is 0. The maximum Gasteiger partial charge on any atom is 0.228 e. The minimum Gasteiger partial charge on any atom is -1.00 e.